The van der Waals surface area contributed by atoms with E-state index in [0.717, 1.165) is 12.1 Å². The van der Waals surface area contributed by atoms with Crippen LogP contribution in [0.5, 0.6) is 5.75 Å². The summed E-state index contributed by atoms with van der Waals surface area (Å²) in [6.45, 7) is 0. The molecular formula is C10H7F3N2O. The van der Waals surface area contributed by atoms with Gasteiger partial charge in [0.25, 0.3) is 0 Å². The van der Waals surface area contributed by atoms with Crippen LogP contribution in [0.3, 0.4) is 0 Å². The topological polar surface area (TPSA) is 48.9 Å². The van der Waals surface area contributed by atoms with Crippen molar-refractivity contribution >= 4 is 0 Å². The summed E-state index contributed by atoms with van der Waals surface area (Å²) < 4.78 is 38.0. The van der Waals surface area contributed by atoms with E-state index in [1.165, 1.54) is 18.5 Å². The number of hydrogen-bond acceptors (Lipinski definition) is 2. The zero-order chi connectivity index (χ0) is 11.8. The molecule has 0 spiro atoms. The van der Waals surface area contributed by atoms with Crippen molar-refractivity contribution < 1.29 is 18.3 Å². The molecule has 0 unspecified atom stereocenters. The van der Waals surface area contributed by atoms with E-state index in [9.17, 15) is 18.3 Å². The van der Waals surface area contributed by atoms with Gasteiger partial charge < -0.3 is 10.1 Å². The van der Waals surface area contributed by atoms with Gasteiger partial charge in [0.15, 0.2) is 0 Å². The highest BCUT2D eigenvalue weighted by Gasteiger charge is 2.35. The summed E-state index contributed by atoms with van der Waals surface area (Å²) in [4.78, 5) is 6.24. The van der Waals surface area contributed by atoms with E-state index in [1.807, 2.05) is 0 Å². The molecule has 1 heterocycles. The summed E-state index contributed by atoms with van der Waals surface area (Å²) in [7, 11) is 0. The van der Waals surface area contributed by atoms with Gasteiger partial charge in [0, 0.05) is 12.4 Å². The Labute approximate surface area is 88.6 Å². The Balaban J connectivity index is 2.68. The minimum absolute atomic E-state index is 0.00887. The van der Waals surface area contributed by atoms with Crippen molar-refractivity contribution in [1.82, 2.24) is 9.97 Å². The largest absolute Gasteiger partial charge is 0.507 e. The van der Waals surface area contributed by atoms with Crippen LogP contribution in [0.25, 0.3) is 11.4 Å². The predicted molar refractivity (Wildman–Crippen MR) is 50.7 cm³/mol. The summed E-state index contributed by atoms with van der Waals surface area (Å²) >= 11 is 0. The first-order valence-corrected chi connectivity index (χ1v) is 4.39. The summed E-state index contributed by atoms with van der Waals surface area (Å²) in [6.07, 6.45) is -1.81. The van der Waals surface area contributed by atoms with Crippen LogP contribution in [0.15, 0.2) is 30.6 Å². The number of halogens is 3. The molecule has 2 rings (SSSR count). The van der Waals surface area contributed by atoms with Crippen LogP contribution in [0.2, 0.25) is 0 Å². The first-order chi connectivity index (χ1) is 7.50. The van der Waals surface area contributed by atoms with Gasteiger partial charge in [-0.15, -0.1) is 0 Å². The number of imidazole rings is 1. The van der Waals surface area contributed by atoms with Crippen molar-refractivity contribution in [2.75, 3.05) is 0 Å². The van der Waals surface area contributed by atoms with Gasteiger partial charge >= 0.3 is 6.18 Å². The standard InChI is InChI=1S/C10H7F3N2O/c11-10(12,13)6-2-1-3-7(16)8(6)9-14-4-5-15-9/h1-5,16H,(H,14,15). The van der Waals surface area contributed by atoms with Gasteiger partial charge in [-0.05, 0) is 12.1 Å². The molecule has 0 fully saturated rings. The zero-order valence-corrected chi connectivity index (χ0v) is 7.92. The van der Waals surface area contributed by atoms with Gasteiger partial charge in [0.2, 0.25) is 0 Å². The van der Waals surface area contributed by atoms with Crippen LogP contribution in [0.1, 0.15) is 5.56 Å². The molecule has 0 bridgehead atoms. The first kappa shape index (κ1) is 10.5. The van der Waals surface area contributed by atoms with Gasteiger partial charge in [-0.3, -0.25) is 0 Å². The summed E-state index contributed by atoms with van der Waals surface area (Å²) in [6, 6.07) is 3.23. The van der Waals surface area contributed by atoms with Crippen molar-refractivity contribution in [3.8, 4) is 17.1 Å². The van der Waals surface area contributed by atoms with Crippen molar-refractivity contribution in [3.63, 3.8) is 0 Å². The van der Waals surface area contributed by atoms with Crippen LogP contribution in [-0.4, -0.2) is 15.1 Å². The van der Waals surface area contributed by atoms with E-state index in [-0.39, 0.29) is 11.4 Å². The average molecular weight is 228 g/mol. The second-order valence-electron chi connectivity index (χ2n) is 3.14. The van der Waals surface area contributed by atoms with E-state index >= 15 is 0 Å². The Morgan fingerprint density at radius 1 is 1.25 bits per heavy atom. The number of alkyl halides is 3. The predicted octanol–water partition coefficient (Wildman–Crippen LogP) is 2.80. The lowest BCUT2D eigenvalue weighted by Gasteiger charge is -2.12. The fourth-order valence-electron chi connectivity index (χ4n) is 1.43. The number of nitrogens with one attached hydrogen (secondary N) is 1. The van der Waals surface area contributed by atoms with Crippen molar-refractivity contribution in [2.24, 2.45) is 0 Å². The number of phenolic OH excluding ortho intramolecular Hbond substituents is 1. The number of aromatic nitrogens is 2. The maximum absolute atomic E-state index is 12.7. The van der Waals surface area contributed by atoms with Crippen molar-refractivity contribution in [1.29, 1.82) is 0 Å². The number of aromatic amines is 1. The molecule has 0 radical (unpaired) electrons. The summed E-state index contributed by atoms with van der Waals surface area (Å²) in [5.41, 5.74) is -1.25. The lowest BCUT2D eigenvalue weighted by Crippen LogP contribution is -2.07. The Bertz CT molecular complexity index is 491. The molecule has 0 amide bonds. The minimum atomic E-state index is -4.53. The molecule has 0 aliphatic carbocycles. The Morgan fingerprint density at radius 3 is 2.56 bits per heavy atom. The molecular weight excluding hydrogens is 221 g/mol. The number of phenols is 1. The monoisotopic (exact) mass is 228 g/mol. The van der Waals surface area contributed by atoms with Crippen LogP contribution in [0.4, 0.5) is 13.2 Å². The summed E-state index contributed by atoms with van der Waals surface area (Å²) in [5, 5.41) is 9.47. The lowest BCUT2D eigenvalue weighted by atomic mass is 10.1. The van der Waals surface area contributed by atoms with Gasteiger partial charge in [0.05, 0.1) is 11.1 Å². The molecule has 1 aromatic heterocycles. The highest BCUT2D eigenvalue weighted by molar-refractivity contribution is 5.68. The molecule has 16 heavy (non-hydrogen) atoms. The maximum Gasteiger partial charge on any atom is 0.417 e. The molecule has 2 N–H and O–H groups in total. The van der Waals surface area contributed by atoms with E-state index < -0.39 is 17.5 Å². The van der Waals surface area contributed by atoms with Gasteiger partial charge in [-0.1, -0.05) is 6.07 Å². The van der Waals surface area contributed by atoms with Crippen LogP contribution in [0, 0.1) is 0 Å². The molecule has 2 aromatic rings. The number of aromatic hydroxyl groups is 1. The molecule has 6 heteroatoms. The molecule has 0 atom stereocenters. The van der Waals surface area contributed by atoms with Gasteiger partial charge in [-0.2, -0.15) is 13.2 Å². The maximum atomic E-state index is 12.7. The highest BCUT2D eigenvalue weighted by Crippen LogP contribution is 2.40. The number of hydrogen-bond donors (Lipinski definition) is 2. The smallest absolute Gasteiger partial charge is 0.417 e. The van der Waals surface area contributed by atoms with Crippen LogP contribution in [-0.2, 0) is 6.18 Å². The van der Waals surface area contributed by atoms with Gasteiger partial charge in [0.1, 0.15) is 11.6 Å². The van der Waals surface area contributed by atoms with Crippen molar-refractivity contribution in [2.45, 2.75) is 6.18 Å². The highest BCUT2D eigenvalue weighted by atomic mass is 19.4. The molecule has 0 aliphatic heterocycles. The van der Waals surface area contributed by atoms with E-state index in [2.05, 4.69) is 9.97 Å². The SMILES string of the molecule is Oc1cccc(C(F)(F)F)c1-c1ncc[nH]1. The number of H-pyrrole nitrogens is 1. The number of rotatable bonds is 1. The zero-order valence-electron chi connectivity index (χ0n) is 7.92. The molecule has 3 nitrogen and oxygen atoms in total. The van der Waals surface area contributed by atoms with E-state index in [0.29, 0.717) is 0 Å². The third-order valence-corrected chi connectivity index (χ3v) is 2.08. The lowest BCUT2D eigenvalue weighted by molar-refractivity contribution is -0.137. The fraction of sp³-hybridized carbons (Fsp3) is 0.100. The average Bonchev–Trinajstić information content (AvgIpc) is 2.68. The fourth-order valence-corrected chi connectivity index (χ4v) is 1.43. The van der Waals surface area contributed by atoms with Gasteiger partial charge in [-0.25, -0.2) is 4.98 Å². The number of nitrogens with zero attached hydrogens (tertiary/aromatic N) is 1. The second-order valence-corrected chi connectivity index (χ2v) is 3.14. The van der Waals surface area contributed by atoms with Crippen LogP contribution < -0.4 is 0 Å². The third-order valence-electron chi connectivity index (χ3n) is 2.08. The van der Waals surface area contributed by atoms with E-state index in [1.54, 1.807) is 0 Å². The molecule has 84 valence electrons. The Kier molecular flexibility index (Phi) is 2.34. The quantitative estimate of drug-likeness (QED) is 0.788. The summed E-state index contributed by atoms with van der Waals surface area (Å²) in [5.74, 6) is -0.463. The van der Waals surface area contributed by atoms with Crippen LogP contribution >= 0.6 is 0 Å². The third kappa shape index (κ3) is 1.73. The molecule has 0 saturated carbocycles. The minimum Gasteiger partial charge on any atom is -0.507 e. The first-order valence-electron chi connectivity index (χ1n) is 4.39. The van der Waals surface area contributed by atoms with Crippen molar-refractivity contribution in [3.05, 3.63) is 36.2 Å². The molecule has 1 aromatic carbocycles. The molecule has 0 aliphatic rings. The number of benzene rings is 1. The second kappa shape index (κ2) is 3.55. The normalized spacial score (nSPS) is 11.7. The molecule has 0 saturated heterocycles. The van der Waals surface area contributed by atoms with E-state index in [4.69, 9.17) is 0 Å². The Hall–Kier alpha value is -1.98. The Morgan fingerprint density at radius 2 is 2.00 bits per heavy atom.